The van der Waals surface area contributed by atoms with Gasteiger partial charge in [0.15, 0.2) is 17.3 Å². The molecule has 0 aliphatic heterocycles. The predicted molar refractivity (Wildman–Crippen MR) is 129 cm³/mol. The van der Waals surface area contributed by atoms with E-state index >= 15 is 0 Å². The molecule has 0 bridgehead atoms. The number of amides is 1. The number of aromatic nitrogens is 2. The van der Waals surface area contributed by atoms with Gasteiger partial charge in [-0.3, -0.25) is 19.6 Å². The molecule has 2 aromatic heterocycles. The highest BCUT2D eigenvalue weighted by molar-refractivity contribution is 6.32. The third-order valence-corrected chi connectivity index (χ3v) is 5.60. The monoisotopic (exact) mass is 568 g/mol. The number of hydrogen-bond donors (Lipinski definition) is 1. The first kappa shape index (κ1) is 27.4. The van der Waals surface area contributed by atoms with E-state index in [1.807, 2.05) is 0 Å². The number of furan rings is 1. The Morgan fingerprint density at radius 1 is 1.13 bits per heavy atom. The smallest absolute Gasteiger partial charge is 0.291 e. The van der Waals surface area contributed by atoms with Gasteiger partial charge >= 0.3 is 0 Å². The van der Waals surface area contributed by atoms with E-state index in [-0.39, 0.29) is 34.4 Å². The van der Waals surface area contributed by atoms with Crippen LogP contribution < -0.4 is 14.8 Å². The van der Waals surface area contributed by atoms with Gasteiger partial charge in [0.1, 0.15) is 22.9 Å². The molecule has 1 amide bonds. The molecule has 0 atom stereocenters. The quantitative estimate of drug-likeness (QED) is 0.124. The van der Waals surface area contributed by atoms with Crippen LogP contribution in [0.4, 0.5) is 28.9 Å². The first-order valence-electron chi connectivity index (χ1n) is 10.9. The van der Waals surface area contributed by atoms with E-state index in [0.717, 1.165) is 12.1 Å². The van der Waals surface area contributed by atoms with Crippen LogP contribution in [0.25, 0.3) is 0 Å². The normalized spacial score (nSPS) is 11.2. The van der Waals surface area contributed by atoms with Crippen LogP contribution >= 0.6 is 11.6 Å². The third kappa shape index (κ3) is 6.12. The molecular formula is C24H17ClF4N4O6. The standard InChI is InChI=1S/C24H17ClF4N4O6/c1-37-16-4-2-3-5-17(16)39-15-9-12(8-13(10-15)33(35)36)30-24(34)18-7-6-14(38-18)11-32-21(23(28)29)19(25)20(31-32)22(26)27/h2-10,22-23H,11H2,1H3,(H,30,34). The summed E-state index contributed by atoms with van der Waals surface area (Å²) in [5, 5.41) is 16.4. The van der Waals surface area contributed by atoms with Crippen LogP contribution in [-0.2, 0) is 6.54 Å². The Balaban J connectivity index is 1.55. The van der Waals surface area contributed by atoms with E-state index in [4.69, 9.17) is 25.5 Å². The summed E-state index contributed by atoms with van der Waals surface area (Å²) in [6, 6.07) is 12.6. The number of carbonyl (C=O) groups is 1. The number of alkyl halides is 4. The zero-order chi connectivity index (χ0) is 28.3. The average molecular weight is 569 g/mol. The number of benzene rings is 2. The zero-order valence-corrected chi connectivity index (χ0v) is 20.5. The van der Waals surface area contributed by atoms with Gasteiger partial charge in [0.2, 0.25) is 0 Å². The number of nitrogens with zero attached hydrogens (tertiary/aromatic N) is 3. The molecule has 204 valence electrons. The van der Waals surface area contributed by atoms with E-state index in [1.54, 1.807) is 24.3 Å². The summed E-state index contributed by atoms with van der Waals surface area (Å²) in [5.41, 5.74) is -2.33. The number of anilines is 1. The molecule has 0 aliphatic rings. The summed E-state index contributed by atoms with van der Waals surface area (Å²) in [7, 11) is 1.42. The Morgan fingerprint density at radius 2 is 1.85 bits per heavy atom. The SMILES string of the molecule is COc1ccccc1Oc1cc(NC(=O)c2ccc(Cn3nc(C(F)F)c(Cl)c3C(F)F)o2)cc([N+](=O)[O-])c1. The fourth-order valence-electron chi connectivity index (χ4n) is 3.52. The number of hydrogen-bond acceptors (Lipinski definition) is 7. The summed E-state index contributed by atoms with van der Waals surface area (Å²) >= 11 is 5.64. The van der Waals surface area contributed by atoms with Crippen LogP contribution in [0.5, 0.6) is 17.2 Å². The van der Waals surface area contributed by atoms with Crippen LogP contribution in [0.3, 0.4) is 0 Å². The fourth-order valence-corrected chi connectivity index (χ4v) is 3.82. The minimum Gasteiger partial charge on any atom is -0.493 e. The van der Waals surface area contributed by atoms with Gasteiger partial charge in [-0.05, 0) is 24.3 Å². The molecule has 39 heavy (non-hydrogen) atoms. The summed E-state index contributed by atoms with van der Waals surface area (Å²) in [5.74, 6) is -0.548. The molecule has 0 saturated carbocycles. The molecule has 15 heteroatoms. The minimum atomic E-state index is -3.20. The summed E-state index contributed by atoms with van der Waals surface area (Å²) in [6.07, 6.45) is -6.38. The number of rotatable bonds is 10. The second-order valence-electron chi connectivity index (χ2n) is 7.79. The highest BCUT2D eigenvalue weighted by Gasteiger charge is 2.28. The van der Waals surface area contributed by atoms with E-state index in [2.05, 4.69) is 10.4 Å². The second kappa shape index (κ2) is 11.4. The maximum absolute atomic E-state index is 13.4. The van der Waals surface area contributed by atoms with Crippen LogP contribution in [0.1, 0.15) is 40.6 Å². The van der Waals surface area contributed by atoms with Crippen molar-refractivity contribution in [3.8, 4) is 17.2 Å². The Labute approximate surface area is 221 Å². The van der Waals surface area contributed by atoms with Crippen LogP contribution in [0, 0.1) is 10.1 Å². The Morgan fingerprint density at radius 3 is 2.49 bits per heavy atom. The zero-order valence-electron chi connectivity index (χ0n) is 19.7. The second-order valence-corrected chi connectivity index (χ2v) is 8.17. The first-order valence-corrected chi connectivity index (χ1v) is 11.3. The van der Waals surface area contributed by atoms with Gasteiger partial charge in [-0.2, -0.15) is 5.10 Å². The van der Waals surface area contributed by atoms with Gasteiger partial charge in [-0.1, -0.05) is 23.7 Å². The van der Waals surface area contributed by atoms with Crippen molar-refractivity contribution in [3.63, 3.8) is 0 Å². The van der Waals surface area contributed by atoms with Crippen molar-refractivity contribution in [2.45, 2.75) is 19.4 Å². The van der Waals surface area contributed by atoms with Crippen molar-refractivity contribution in [1.82, 2.24) is 9.78 Å². The van der Waals surface area contributed by atoms with Crippen molar-refractivity contribution >= 4 is 28.9 Å². The fraction of sp³-hybridized carbons (Fsp3) is 0.167. The minimum absolute atomic E-state index is 0.0162. The molecule has 0 aliphatic carbocycles. The number of para-hydroxylation sites is 2. The lowest BCUT2D eigenvalue weighted by Gasteiger charge is -2.11. The highest BCUT2D eigenvalue weighted by Crippen LogP contribution is 2.36. The number of non-ortho nitro benzene ring substituents is 1. The molecule has 2 aromatic carbocycles. The van der Waals surface area contributed by atoms with Crippen molar-refractivity contribution in [2.75, 3.05) is 12.4 Å². The van der Waals surface area contributed by atoms with Crippen LogP contribution in [0.2, 0.25) is 5.02 Å². The lowest BCUT2D eigenvalue weighted by molar-refractivity contribution is -0.384. The maximum atomic E-state index is 13.4. The van der Waals surface area contributed by atoms with Gasteiger partial charge in [-0.15, -0.1) is 0 Å². The van der Waals surface area contributed by atoms with E-state index in [0.29, 0.717) is 10.4 Å². The molecule has 0 saturated heterocycles. The summed E-state index contributed by atoms with van der Waals surface area (Å²) < 4.78 is 69.8. The van der Waals surface area contributed by atoms with Gasteiger partial charge < -0.3 is 19.2 Å². The highest BCUT2D eigenvalue weighted by atomic mass is 35.5. The van der Waals surface area contributed by atoms with E-state index < -0.39 is 46.6 Å². The van der Waals surface area contributed by atoms with E-state index in [1.165, 1.54) is 25.3 Å². The number of ether oxygens (including phenoxy) is 2. The lowest BCUT2D eigenvalue weighted by Crippen LogP contribution is -2.11. The van der Waals surface area contributed by atoms with Gasteiger partial charge in [0, 0.05) is 12.1 Å². The molecule has 2 heterocycles. The largest absolute Gasteiger partial charge is 0.493 e. The number of halogens is 5. The van der Waals surface area contributed by atoms with Crippen LogP contribution in [0.15, 0.2) is 59.0 Å². The number of carbonyl (C=O) groups excluding carboxylic acids is 1. The number of nitro groups is 1. The Bertz CT molecular complexity index is 1520. The van der Waals surface area contributed by atoms with Crippen molar-refractivity contribution in [3.05, 3.63) is 92.6 Å². The summed E-state index contributed by atoms with van der Waals surface area (Å²) in [6.45, 7) is -0.521. The molecular weight excluding hydrogens is 552 g/mol. The number of nitrogens with one attached hydrogen (secondary N) is 1. The topological polar surface area (TPSA) is 122 Å². The Hall–Kier alpha value is -4.59. The van der Waals surface area contributed by atoms with Crippen molar-refractivity contribution in [1.29, 1.82) is 0 Å². The molecule has 1 N–H and O–H groups in total. The van der Waals surface area contributed by atoms with Crippen LogP contribution in [-0.4, -0.2) is 27.7 Å². The van der Waals surface area contributed by atoms with Crippen molar-refractivity contribution < 1.29 is 41.2 Å². The average Bonchev–Trinajstić information content (AvgIpc) is 3.48. The van der Waals surface area contributed by atoms with Gasteiger partial charge in [-0.25, -0.2) is 17.6 Å². The summed E-state index contributed by atoms with van der Waals surface area (Å²) in [4.78, 5) is 23.5. The van der Waals surface area contributed by atoms with Gasteiger partial charge in [0.25, 0.3) is 24.4 Å². The maximum Gasteiger partial charge on any atom is 0.291 e. The first-order chi connectivity index (χ1) is 18.6. The van der Waals surface area contributed by atoms with Crippen molar-refractivity contribution in [2.24, 2.45) is 0 Å². The lowest BCUT2D eigenvalue weighted by atomic mass is 10.2. The molecule has 4 aromatic rings. The molecule has 10 nitrogen and oxygen atoms in total. The number of methoxy groups -OCH3 is 1. The number of nitro benzene ring substituents is 1. The molecule has 0 unspecified atom stereocenters. The third-order valence-electron chi connectivity index (χ3n) is 5.22. The predicted octanol–water partition coefficient (Wildman–Crippen LogP) is 7.01. The molecule has 4 rings (SSSR count). The van der Waals surface area contributed by atoms with E-state index in [9.17, 15) is 32.5 Å². The Kier molecular flexibility index (Phi) is 8.04. The van der Waals surface area contributed by atoms with Gasteiger partial charge in [0.05, 0.1) is 35.4 Å². The molecule has 0 fully saturated rings. The molecule has 0 radical (unpaired) electrons. The molecule has 0 spiro atoms.